The van der Waals surface area contributed by atoms with Gasteiger partial charge in [-0.05, 0) is 30.2 Å². The molecule has 0 aromatic heterocycles. The van der Waals surface area contributed by atoms with Crippen LogP contribution < -0.4 is 9.62 Å². The zero-order valence-electron chi connectivity index (χ0n) is 13.9. The molecule has 128 valence electrons. The fourth-order valence-corrected chi connectivity index (χ4v) is 3.42. The molecule has 5 nitrogen and oxygen atoms in total. The summed E-state index contributed by atoms with van der Waals surface area (Å²) >= 11 is 0. The van der Waals surface area contributed by atoms with Crippen LogP contribution in [-0.4, -0.2) is 27.1 Å². The molecule has 2 aromatic carbocycles. The van der Waals surface area contributed by atoms with E-state index in [2.05, 4.69) is 5.32 Å². The van der Waals surface area contributed by atoms with Gasteiger partial charge in [0.2, 0.25) is 15.9 Å². The van der Waals surface area contributed by atoms with Gasteiger partial charge in [0.25, 0.3) is 0 Å². The highest BCUT2D eigenvalue weighted by Crippen LogP contribution is 2.23. The third kappa shape index (κ3) is 4.83. The summed E-state index contributed by atoms with van der Waals surface area (Å²) in [6.07, 6.45) is 1.97. The van der Waals surface area contributed by atoms with E-state index in [9.17, 15) is 13.2 Å². The summed E-state index contributed by atoms with van der Waals surface area (Å²) in [5.41, 5.74) is 2.27. The van der Waals surface area contributed by atoms with Gasteiger partial charge in [-0.1, -0.05) is 43.3 Å². The topological polar surface area (TPSA) is 66.5 Å². The number of sulfonamides is 1. The molecule has 0 saturated heterocycles. The molecule has 1 N–H and O–H groups in total. The fourth-order valence-electron chi connectivity index (χ4n) is 2.47. The molecular weight excluding hydrogens is 324 g/mol. The molecule has 1 amide bonds. The maximum Gasteiger partial charge on any atom is 0.232 e. The first-order valence-electron chi connectivity index (χ1n) is 7.82. The van der Waals surface area contributed by atoms with Crippen LogP contribution in [0, 0.1) is 0 Å². The fraction of sp³-hybridized carbons (Fsp3) is 0.278. The SMILES string of the molecule is CCc1ccccc1N(CCC(=O)Nc1ccccc1)S(C)(=O)=O. The minimum Gasteiger partial charge on any atom is -0.326 e. The molecule has 0 fully saturated rings. The summed E-state index contributed by atoms with van der Waals surface area (Å²) in [5.74, 6) is -0.219. The molecule has 0 radical (unpaired) electrons. The molecule has 2 aromatic rings. The van der Waals surface area contributed by atoms with E-state index in [1.807, 2.05) is 37.3 Å². The smallest absolute Gasteiger partial charge is 0.232 e. The van der Waals surface area contributed by atoms with Gasteiger partial charge in [0.15, 0.2) is 0 Å². The summed E-state index contributed by atoms with van der Waals surface area (Å²) < 4.78 is 25.6. The van der Waals surface area contributed by atoms with Crippen molar-refractivity contribution in [3.63, 3.8) is 0 Å². The lowest BCUT2D eigenvalue weighted by Crippen LogP contribution is -2.33. The average molecular weight is 346 g/mol. The summed E-state index contributed by atoms with van der Waals surface area (Å²) in [4.78, 5) is 12.1. The van der Waals surface area contributed by atoms with Crippen molar-refractivity contribution in [1.82, 2.24) is 0 Å². The van der Waals surface area contributed by atoms with E-state index in [-0.39, 0.29) is 18.9 Å². The van der Waals surface area contributed by atoms with Crippen molar-refractivity contribution in [2.24, 2.45) is 0 Å². The minimum atomic E-state index is -3.47. The average Bonchev–Trinajstić information content (AvgIpc) is 2.55. The maximum atomic E-state index is 12.2. The molecular formula is C18H22N2O3S. The van der Waals surface area contributed by atoms with Crippen LogP contribution in [-0.2, 0) is 21.2 Å². The molecule has 2 rings (SSSR count). The van der Waals surface area contributed by atoms with Crippen molar-refractivity contribution >= 4 is 27.3 Å². The Morgan fingerprint density at radius 3 is 2.29 bits per heavy atom. The highest BCUT2D eigenvalue weighted by molar-refractivity contribution is 7.92. The van der Waals surface area contributed by atoms with Crippen LogP contribution in [0.2, 0.25) is 0 Å². The first-order valence-corrected chi connectivity index (χ1v) is 9.67. The zero-order valence-corrected chi connectivity index (χ0v) is 14.7. The van der Waals surface area contributed by atoms with Crippen molar-refractivity contribution in [3.8, 4) is 0 Å². The van der Waals surface area contributed by atoms with Gasteiger partial charge < -0.3 is 5.32 Å². The Bertz CT molecular complexity index is 789. The Morgan fingerprint density at radius 1 is 1.04 bits per heavy atom. The molecule has 0 heterocycles. The van der Waals surface area contributed by atoms with Crippen molar-refractivity contribution in [2.75, 3.05) is 22.4 Å². The summed E-state index contributed by atoms with van der Waals surface area (Å²) in [6.45, 7) is 2.08. The Kier molecular flexibility index (Phi) is 5.98. The van der Waals surface area contributed by atoms with Gasteiger partial charge in [-0.3, -0.25) is 9.10 Å². The molecule has 0 aliphatic carbocycles. The zero-order chi connectivity index (χ0) is 17.6. The van der Waals surface area contributed by atoms with Crippen LogP contribution in [0.15, 0.2) is 54.6 Å². The molecule has 0 atom stereocenters. The van der Waals surface area contributed by atoms with Crippen molar-refractivity contribution in [1.29, 1.82) is 0 Å². The largest absolute Gasteiger partial charge is 0.326 e. The maximum absolute atomic E-state index is 12.2. The van der Waals surface area contributed by atoms with Gasteiger partial charge in [0, 0.05) is 18.7 Å². The van der Waals surface area contributed by atoms with Gasteiger partial charge in [-0.2, -0.15) is 0 Å². The number of rotatable bonds is 7. The second kappa shape index (κ2) is 7.97. The first-order chi connectivity index (χ1) is 11.4. The van der Waals surface area contributed by atoms with Crippen LogP contribution >= 0.6 is 0 Å². The van der Waals surface area contributed by atoms with Crippen LogP contribution in [0.1, 0.15) is 18.9 Å². The van der Waals surface area contributed by atoms with Crippen molar-refractivity contribution in [2.45, 2.75) is 19.8 Å². The van der Waals surface area contributed by atoms with E-state index in [0.29, 0.717) is 11.4 Å². The van der Waals surface area contributed by atoms with Gasteiger partial charge >= 0.3 is 0 Å². The van der Waals surface area contributed by atoms with Crippen molar-refractivity contribution in [3.05, 3.63) is 60.2 Å². The second-order valence-electron chi connectivity index (χ2n) is 5.48. The molecule has 0 saturated carbocycles. The van der Waals surface area contributed by atoms with Gasteiger partial charge in [-0.25, -0.2) is 8.42 Å². The summed E-state index contributed by atoms with van der Waals surface area (Å²) in [7, 11) is -3.47. The van der Waals surface area contributed by atoms with Crippen LogP contribution in [0.3, 0.4) is 0 Å². The summed E-state index contributed by atoms with van der Waals surface area (Å²) in [5, 5.41) is 2.77. The Labute approximate surface area is 143 Å². The van der Waals surface area contributed by atoms with E-state index in [4.69, 9.17) is 0 Å². The quantitative estimate of drug-likeness (QED) is 0.838. The predicted octanol–water partition coefficient (Wildman–Crippen LogP) is 3.04. The van der Waals surface area contributed by atoms with Gasteiger partial charge in [-0.15, -0.1) is 0 Å². The third-order valence-corrected chi connectivity index (χ3v) is 4.82. The number of aryl methyl sites for hydroxylation is 1. The second-order valence-corrected chi connectivity index (χ2v) is 7.39. The monoisotopic (exact) mass is 346 g/mol. The lowest BCUT2D eigenvalue weighted by atomic mass is 10.1. The van der Waals surface area contributed by atoms with Crippen LogP contribution in [0.5, 0.6) is 0 Å². The minimum absolute atomic E-state index is 0.0833. The third-order valence-electron chi connectivity index (χ3n) is 3.64. The number of carbonyl (C=O) groups is 1. The highest BCUT2D eigenvalue weighted by Gasteiger charge is 2.20. The number of anilines is 2. The molecule has 24 heavy (non-hydrogen) atoms. The number of para-hydroxylation sites is 2. The number of hydrogen-bond acceptors (Lipinski definition) is 3. The van der Waals surface area contributed by atoms with E-state index >= 15 is 0 Å². The molecule has 0 aliphatic rings. The molecule has 0 aliphatic heterocycles. The standard InChI is InChI=1S/C18H22N2O3S/c1-3-15-9-7-8-12-17(15)20(24(2,22)23)14-13-18(21)19-16-10-5-4-6-11-16/h4-12H,3,13-14H2,1-2H3,(H,19,21). The van der Waals surface area contributed by atoms with Crippen molar-refractivity contribution < 1.29 is 13.2 Å². The van der Waals surface area contributed by atoms with Crippen LogP contribution in [0.25, 0.3) is 0 Å². The normalized spacial score (nSPS) is 11.1. The van der Waals surface area contributed by atoms with E-state index in [1.54, 1.807) is 24.3 Å². The highest BCUT2D eigenvalue weighted by atomic mass is 32.2. The van der Waals surface area contributed by atoms with E-state index in [1.165, 1.54) is 4.31 Å². The van der Waals surface area contributed by atoms with Crippen LogP contribution in [0.4, 0.5) is 11.4 Å². The molecule has 0 spiro atoms. The Morgan fingerprint density at radius 2 is 1.67 bits per heavy atom. The molecule has 0 bridgehead atoms. The number of hydrogen-bond donors (Lipinski definition) is 1. The van der Waals surface area contributed by atoms with E-state index in [0.717, 1.165) is 18.2 Å². The number of nitrogens with zero attached hydrogens (tertiary/aromatic N) is 1. The number of carbonyl (C=O) groups excluding carboxylic acids is 1. The van der Waals surface area contributed by atoms with Gasteiger partial charge in [0.05, 0.1) is 11.9 Å². The first kappa shape index (κ1) is 18.0. The van der Waals surface area contributed by atoms with E-state index < -0.39 is 10.0 Å². The summed E-state index contributed by atoms with van der Waals surface area (Å²) in [6, 6.07) is 16.5. The Balaban J connectivity index is 2.12. The lowest BCUT2D eigenvalue weighted by Gasteiger charge is -2.24. The number of benzene rings is 2. The van der Waals surface area contributed by atoms with Gasteiger partial charge in [0.1, 0.15) is 0 Å². The molecule has 0 unspecified atom stereocenters. The predicted molar refractivity (Wildman–Crippen MR) is 97.7 cm³/mol. The number of nitrogens with one attached hydrogen (secondary N) is 1. The molecule has 6 heteroatoms. The lowest BCUT2D eigenvalue weighted by molar-refractivity contribution is -0.116. The Hall–Kier alpha value is -2.34. The number of amides is 1.